The molecule has 2 atom stereocenters. The number of ketones is 1. The largest absolute Gasteiger partial charge is 0.299 e. The van der Waals surface area contributed by atoms with Crippen LogP contribution in [0.15, 0.2) is 0 Å². The highest BCUT2D eigenvalue weighted by atomic mass is 16.1. The molecule has 0 aromatic heterocycles. The van der Waals surface area contributed by atoms with E-state index in [1.807, 2.05) is 0 Å². The highest BCUT2D eigenvalue weighted by Crippen LogP contribution is 2.19. The lowest BCUT2D eigenvalue weighted by molar-refractivity contribution is -0.130. The minimum Gasteiger partial charge on any atom is -0.299 e. The SMILES string of the molecule is CCC(C)CC(=O)C1CN2CCN1CC2. The quantitative estimate of drug-likeness (QED) is 0.691. The number of carbonyl (C=O) groups excluding carboxylic acids is 1. The van der Waals surface area contributed by atoms with Gasteiger partial charge in [-0.15, -0.1) is 0 Å². The summed E-state index contributed by atoms with van der Waals surface area (Å²) in [5, 5.41) is 0. The molecule has 2 bridgehead atoms. The molecule has 3 aliphatic rings. The normalized spacial score (nSPS) is 36.5. The lowest BCUT2D eigenvalue weighted by Crippen LogP contribution is -2.63. The lowest BCUT2D eigenvalue weighted by atomic mass is 9.95. The number of fused-ring (bicyclic) bond motifs is 3. The first kappa shape index (κ1) is 11.1. The molecule has 3 nitrogen and oxygen atoms in total. The maximum Gasteiger partial charge on any atom is 0.151 e. The van der Waals surface area contributed by atoms with Crippen LogP contribution in [-0.2, 0) is 4.79 Å². The van der Waals surface area contributed by atoms with Gasteiger partial charge in [-0.3, -0.25) is 14.6 Å². The van der Waals surface area contributed by atoms with Crippen LogP contribution in [0.5, 0.6) is 0 Å². The summed E-state index contributed by atoms with van der Waals surface area (Å²) in [5.41, 5.74) is 0. The van der Waals surface area contributed by atoms with Crippen molar-refractivity contribution in [2.75, 3.05) is 32.7 Å². The summed E-state index contributed by atoms with van der Waals surface area (Å²) in [6.07, 6.45) is 1.88. The van der Waals surface area contributed by atoms with E-state index in [4.69, 9.17) is 0 Å². The average Bonchev–Trinajstić information content (AvgIpc) is 2.30. The second-order valence-corrected chi connectivity index (χ2v) is 5.04. The Morgan fingerprint density at radius 3 is 2.47 bits per heavy atom. The molecule has 86 valence electrons. The van der Waals surface area contributed by atoms with Gasteiger partial charge in [0.15, 0.2) is 5.78 Å². The molecule has 3 heteroatoms. The molecular weight excluding hydrogens is 188 g/mol. The van der Waals surface area contributed by atoms with E-state index in [0.717, 1.165) is 45.6 Å². The van der Waals surface area contributed by atoms with Gasteiger partial charge in [0.25, 0.3) is 0 Å². The van der Waals surface area contributed by atoms with E-state index in [-0.39, 0.29) is 6.04 Å². The van der Waals surface area contributed by atoms with E-state index in [0.29, 0.717) is 11.7 Å². The molecule has 0 radical (unpaired) electrons. The third kappa shape index (κ3) is 2.40. The number of carbonyl (C=O) groups is 1. The minimum absolute atomic E-state index is 0.210. The van der Waals surface area contributed by atoms with Gasteiger partial charge in [-0.1, -0.05) is 20.3 Å². The van der Waals surface area contributed by atoms with Crippen molar-refractivity contribution in [3.8, 4) is 0 Å². The molecule has 3 aliphatic heterocycles. The Balaban J connectivity index is 1.90. The van der Waals surface area contributed by atoms with Crippen LogP contribution in [0, 0.1) is 5.92 Å². The molecule has 3 saturated heterocycles. The van der Waals surface area contributed by atoms with Crippen LogP contribution in [0.2, 0.25) is 0 Å². The number of nitrogens with zero attached hydrogens (tertiary/aromatic N) is 2. The fourth-order valence-corrected chi connectivity index (χ4v) is 2.55. The molecule has 3 heterocycles. The minimum atomic E-state index is 0.210. The van der Waals surface area contributed by atoms with E-state index in [1.165, 1.54) is 0 Å². The van der Waals surface area contributed by atoms with Gasteiger partial charge in [0.1, 0.15) is 0 Å². The van der Waals surface area contributed by atoms with Crippen LogP contribution in [0.3, 0.4) is 0 Å². The molecule has 0 spiro atoms. The van der Waals surface area contributed by atoms with Gasteiger partial charge in [-0.05, 0) is 5.92 Å². The van der Waals surface area contributed by atoms with Crippen molar-refractivity contribution in [2.24, 2.45) is 5.92 Å². The van der Waals surface area contributed by atoms with Crippen LogP contribution in [0.25, 0.3) is 0 Å². The van der Waals surface area contributed by atoms with Gasteiger partial charge < -0.3 is 0 Å². The van der Waals surface area contributed by atoms with Crippen LogP contribution >= 0.6 is 0 Å². The second kappa shape index (κ2) is 4.62. The summed E-state index contributed by atoms with van der Waals surface area (Å²) in [5.74, 6) is 1.02. The summed E-state index contributed by atoms with van der Waals surface area (Å²) in [7, 11) is 0. The van der Waals surface area contributed by atoms with Crippen molar-refractivity contribution in [2.45, 2.75) is 32.7 Å². The van der Waals surface area contributed by atoms with Gasteiger partial charge in [0, 0.05) is 39.1 Å². The van der Waals surface area contributed by atoms with E-state index in [1.54, 1.807) is 0 Å². The highest BCUT2D eigenvalue weighted by Gasteiger charge is 2.35. The molecule has 0 aromatic rings. The summed E-state index contributed by atoms with van der Waals surface area (Å²) < 4.78 is 0. The van der Waals surface area contributed by atoms with Crippen LogP contribution in [0.4, 0.5) is 0 Å². The fraction of sp³-hybridized carbons (Fsp3) is 0.917. The maximum absolute atomic E-state index is 12.1. The number of hydrogen-bond donors (Lipinski definition) is 0. The standard InChI is InChI=1S/C12H22N2O/c1-3-10(2)8-12(15)11-9-13-4-6-14(11)7-5-13/h10-11H,3-9H2,1-2H3. The lowest BCUT2D eigenvalue weighted by Gasteiger charge is -2.46. The highest BCUT2D eigenvalue weighted by molar-refractivity contribution is 5.84. The molecule has 3 fully saturated rings. The molecule has 0 aliphatic carbocycles. The maximum atomic E-state index is 12.1. The van der Waals surface area contributed by atoms with Crippen molar-refractivity contribution in [1.29, 1.82) is 0 Å². The predicted octanol–water partition coefficient (Wildman–Crippen LogP) is 0.991. The van der Waals surface area contributed by atoms with Gasteiger partial charge in [0.05, 0.1) is 6.04 Å². The Hall–Kier alpha value is -0.410. The number of piperazine rings is 3. The third-order valence-corrected chi connectivity index (χ3v) is 3.90. The fourth-order valence-electron chi connectivity index (χ4n) is 2.55. The monoisotopic (exact) mass is 210 g/mol. The molecule has 15 heavy (non-hydrogen) atoms. The second-order valence-electron chi connectivity index (χ2n) is 5.04. The van der Waals surface area contributed by atoms with Crippen LogP contribution in [0.1, 0.15) is 26.7 Å². The smallest absolute Gasteiger partial charge is 0.151 e. The average molecular weight is 210 g/mol. The Bertz CT molecular complexity index is 234. The van der Waals surface area contributed by atoms with Gasteiger partial charge in [-0.25, -0.2) is 0 Å². The van der Waals surface area contributed by atoms with Crippen LogP contribution in [-0.4, -0.2) is 54.3 Å². The first-order chi connectivity index (χ1) is 7.20. The van der Waals surface area contributed by atoms with Crippen molar-refractivity contribution in [3.05, 3.63) is 0 Å². The molecule has 0 saturated carbocycles. The van der Waals surface area contributed by atoms with Crippen molar-refractivity contribution >= 4 is 5.78 Å². The molecule has 0 amide bonds. The zero-order valence-corrected chi connectivity index (χ0v) is 9.91. The van der Waals surface area contributed by atoms with Gasteiger partial charge >= 0.3 is 0 Å². The van der Waals surface area contributed by atoms with Gasteiger partial charge in [0.2, 0.25) is 0 Å². The summed E-state index contributed by atoms with van der Waals surface area (Å²) in [4.78, 5) is 16.9. The zero-order valence-electron chi connectivity index (χ0n) is 9.91. The molecule has 0 aromatic carbocycles. The molecule has 2 unspecified atom stereocenters. The van der Waals surface area contributed by atoms with Crippen molar-refractivity contribution in [3.63, 3.8) is 0 Å². The van der Waals surface area contributed by atoms with E-state index in [2.05, 4.69) is 23.6 Å². The number of Topliss-reactive ketones (excluding diaryl/α,β-unsaturated/α-hetero) is 1. The topological polar surface area (TPSA) is 23.6 Å². The molecule has 3 rings (SSSR count). The zero-order chi connectivity index (χ0) is 10.8. The van der Waals surface area contributed by atoms with E-state index < -0.39 is 0 Å². The Kier molecular flexibility index (Phi) is 3.42. The Morgan fingerprint density at radius 2 is 2.00 bits per heavy atom. The number of hydrogen-bond acceptors (Lipinski definition) is 3. The van der Waals surface area contributed by atoms with Gasteiger partial charge in [-0.2, -0.15) is 0 Å². The summed E-state index contributed by atoms with van der Waals surface area (Å²) in [6, 6.07) is 0.210. The van der Waals surface area contributed by atoms with Crippen molar-refractivity contribution in [1.82, 2.24) is 9.80 Å². The molecule has 0 N–H and O–H groups in total. The van der Waals surface area contributed by atoms with E-state index in [9.17, 15) is 4.79 Å². The Morgan fingerprint density at radius 1 is 1.33 bits per heavy atom. The number of rotatable bonds is 4. The third-order valence-electron chi connectivity index (χ3n) is 3.90. The summed E-state index contributed by atoms with van der Waals surface area (Å²) >= 11 is 0. The molecular formula is C12H22N2O. The Labute approximate surface area is 92.4 Å². The first-order valence-corrected chi connectivity index (χ1v) is 6.19. The van der Waals surface area contributed by atoms with E-state index >= 15 is 0 Å². The summed E-state index contributed by atoms with van der Waals surface area (Å²) in [6.45, 7) is 9.83. The van der Waals surface area contributed by atoms with Crippen LogP contribution < -0.4 is 0 Å². The predicted molar refractivity (Wildman–Crippen MR) is 60.9 cm³/mol. The first-order valence-electron chi connectivity index (χ1n) is 6.19. The van der Waals surface area contributed by atoms with Crippen molar-refractivity contribution < 1.29 is 4.79 Å².